The smallest absolute Gasteiger partial charge is 0.244 e. The molecule has 0 bridgehead atoms. The molecule has 0 radical (unpaired) electrons. The molecule has 70 valence electrons. The van der Waals surface area contributed by atoms with Crippen molar-refractivity contribution in [1.29, 1.82) is 0 Å². The Labute approximate surface area is 85.6 Å². The first-order valence-electron chi connectivity index (χ1n) is 3.60. The van der Waals surface area contributed by atoms with Crippen molar-refractivity contribution in [1.82, 2.24) is 5.43 Å². The summed E-state index contributed by atoms with van der Waals surface area (Å²) >= 11 is 7.10. The van der Waals surface area contributed by atoms with E-state index in [-0.39, 0.29) is 5.91 Å². The SMILES string of the molecule is NNC(=O)CSc1ccc(Cl)cc1. The van der Waals surface area contributed by atoms with E-state index in [9.17, 15) is 4.79 Å². The molecular weight excluding hydrogens is 208 g/mol. The third-order valence-electron chi connectivity index (χ3n) is 1.34. The zero-order valence-electron chi connectivity index (χ0n) is 6.79. The topological polar surface area (TPSA) is 55.1 Å². The van der Waals surface area contributed by atoms with E-state index >= 15 is 0 Å². The monoisotopic (exact) mass is 216 g/mol. The third-order valence-corrected chi connectivity index (χ3v) is 2.61. The summed E-state index contributed by atoms with van der Waals surface area (Å²) in [5.41, 5.74) is 2.06. The van der Waals surface area contributed by atoms with Gasteiger partial charge < -0.3 is 0 Å². The van der Waals surface area contributed by atoms with E-state index in [1.54, 1.807) is 12.1 Å². The molecule has 0 heterocycles. The van der Waals surface area contributed by atoms with E-state index in [0.717, 1.165) is 4.90 Å². The van der Waals surface area contributed by atoms with Crippen LogP contribution < -0.4 is 11.3 Å². The largest absolute Gasteiger partial charge is 0.294 e. The Morgan fingerprint density at radius 1 is 1.46 bits per heavy atom. The van der Waals surface area contributed by atoms with Crippen LogP contribution in [-0.4, -0.2) is 11.7 Å². The normalized spacial score (nSPS) is 9.69. The summed E-state index contributed by atoms with van der Waals surface area (Å²) < 4.78 is 0. The van der Waals surface area contributed by atoms with Crippen LogP contribution in [0.25, 0.3) is 0 Å². The van der Waals surface area contributed by atoms with E-state index in [4.69, 9.17) is 17.4 Å². The van der Waals surface area contributed by atoms with E-state index < -0.39 is 0 Å². The lowest BCUT2D eigenvalue weighted by atomic mass is 10.4. The molecule has 0 spiro atoms. The predicted octanol–water partition coefficient (Wildman–Crippen LogP) is 1.42. The molecule has 13 heavy (non-hydrogen) atoms. The van der Waals surface area contributed by atoms with Crippen LogP contribution in [0.1, 0.15) is 0 Å². The van der Waals surface area contributed by atoms with Crippen molar-refractivity contribution >= 4 is 29.3 Å². The Balaban J connectivity index is 2.46. The van der Waals surface area contributed by atoms with Gasteiger partial charge in [-0.25, -0.2) is 5.84 Å². The first-order chi connectivity index (χ1) is 6.22. The number of nitrogens with two attached hydrogens (primary N) is 1. The molecule has 0 saturated carbocycles. The van der Waals surface area contributed by atoms with E-state index in [2.05, 4.69) is 5.43 Å². The van der Waals surface area contributed by atoms with Crippen molar-refractivity contribution < 1.29 is 4.79 Å². The van der Waals surface area contributed by atoms with Crippen LogP contribution in [0.4, 0.5) is 0 Å². The highest BCUT2D eigenvalue weighted by Crippen LogP contribution is 2.19. The minimum absolute atomic E-state index is 0.194. The maximum absolute atomic E-state index is 10.8. The zero-order chi connectivity index (χ0) is 9.68. The number of nitrogens with one attached hydrogen (secondary N) is 1. The van der Waals surface area contributed by atoms with Crippen LogP contribution >= 0.6 is 23.4 Å². The molecule has 0 aliphatic carbocycles. The Hall–Kier alpha value is -0.710. The summed E-state index contributed by atoms with van der Waals surface area (Å²) in [4.78, 5) is 11.8. The number of amides is 1. The van der Waals surface area contributed by atoms with Gasteiger partial charge in [0, 0.05) is 9.92 Å². The molecule has 5 heteroatoms. The number of carbonyl (C=O) groups is 1. The van der Waals surface area contributed by atoms with Crippen molar-refractivity contribution in [3.8, 4) is 0 Å². The number of carbonyl (C=O) groups excluding carboxylic acids is 1. The molecule has 0 atom stereocenters. The summed E-state index contributed by atoms with van der Waals surface area (Å²) in [5, 5.41) is 0.688. The first-order valence-corrected chi connectivity index (χ1v) is 4.96. The summed E-state index contributed by atoms with van der Waals surface area (Å²) in [6, 6.07) is 7.28. The van der Waals surface area contributed by atoms with Gasteiger partial charge in [0.25, 0.3) is 0 Å². The lowest BCUT2D eigenvalue weighted by molar-refractivity contribution is -0.118. The van der Waals surface area contributed by atoms with E-state index in [0.29, 0.717) is 10.8 Å². The van der Waals surface area contributed by atoms with Crippen molar-refractivity contribution in [2.45, 2.75) is 4.90 Å². The second kappa shape index (κ2) is 5.11. The van der Waals surface area contributed by atoms with Gasteiger partial charge in [-0.15, -0.1) is 11.8 Å². The molecule has 1 aromatic rings. The molecule has 0 aliphatic heterocycles. The molecule has 0 unspecified atom stereocenters. The van der Waals surface area contributed by atoms with Crippen molar-refractivity contribution in [2.24, 2.45) is 5.84 Å². The van der Waals surface area contributed by atoms with Gasteiger partial charge in [0.2, 0.25) is 5.91 Å². The zero-order valence-corrected chi connectivity index (χ0v) is 8.36. The number of benzene rings is 1. The van der Waals surface area contributed by atoms with Gasteiger partial charge in [-0.2, -0.15) is 0 Å². The van der Waals surface area contributed by atoms with Gasteiger partial charge in [0.15, 0.2) is 0 Å². The second-order valence-corrected chi connectivity index (χ2v) is 3.80. The van der Waals surface area contributed by atoms with Gasteiger partial charge in [-0.3, -0.25) is 10.2 Å². The van der Waals surface area contributed by atoms with Crippen molar-refractivity contribution in [3.63, 3.8) is 0 Å². The van der Waals surface area contributed by atoms with Gasteiger partial charge in [0.05, 0.1) is 5.75 Å². The van der Waals surface area contributed by atoms with E-state index in [1.807, 2.05) is 12.1 Å². The summed E-state index contributed by atoms with van der Waals surface area (Å²) in [6.07, 6.45) is 0. The summed E-state index contributed by atoms with van der Waals surface area (Å²) in [5.74, 6) is 5.05. The number of hydrogen-bond acceptors (Lipinski definition) is 3. The Morgan fingerprint density at radius 2 is 2.08 bits per heavy atom. The highest BCUT2D eigenvalue weighted by Gasteiger charge is 1.99. The van der Waals surface area contributed by atoms with Crippen LogP contribution in [0.3, 0.4) is 0 Å². The van der Waals surface area contributed by atoms with Gasteiger partial charge in [0.1, 0.15) is 0 Å². The summed E-state index contributed by atoms with van der Waals surface area (Å²) in [7, 11) is 0. The highest BCUT2D eigenvalue weighted by molar-refractivity contribution is 8.00. The Morgan fingerprint density at radius 3 is 2.62 bits per heavy atom. The maximum Gasteiger partial charge on any atom is 0.244 e. The van der Waals surface area contributed by atoms with E-state index in [1.165, 1.54) is 11.8 Å². The molecule has 1 rings (SSSR count). The fraction of sp³-hybridized carbons (Fsp3) is 0.125. The Kier molecular flexibility index (Phi) is 4.08. The molecule has 1 aromatic carbocycles. The number of hydrazine groups is 1. The molecule has 3 N–H and O–H groups in total. The molecule has 0 aromatic heterocycles. The van der Waals surface area contributed by atoms with Crippen LogP contribution in [0.5, 0.6) is 0 Å². The average Bonchev–Trinajstić information content (AvgIpc) is 2.16. The first kappa shape index (κ1) is 10.4. The molecule has 0 aliphatic rings. The number of thioether (sulfide) groups is 1. The molecular formula is C8H9ClN2OS. The standard InChI is InChI=1S/C8H9ClN2OS/c9-6-1-3-7(4-2-6)13-5-8(12)11-10/h1-4H,5,10H2,(H,11,12). The van der Waals surface area contributed by atoms with Crippen molar-refractivity contribution in [3.05, 3.63) is 29.3 Å². The molecule has 0 fully saturated rings. The van der Waals surface area contributed by atoms with Crippen LogP contribution in [-0.2, 0) is 4.79 Å². The average molecular weight is 217 g/mol. The van der Waals surface area contributed by atoms with Gasteiger partial charge in [-0.1, -0.05) is 11.6 Å². The Bertz CT molecular complexity index is 289. The van der Waals surface area contributed by atoms with Crippen LogP contribution in [0.15, 0.2) is 29.2 Å². The predicted molar refractivity (Wildman–Crippen MR) is 54.5 cm³/mol. The van der Waals surface area contributed by atoms with Gasteiger partial charge in [-0.05, 0) is 24.3 Å². The highest BCUT2D eigenvalue weighted by atomic mass is 35.5. The number of halogens is 1. The van der Waals surface area contributed by atoms with Crippen molar-refractivity contribution in [2.75, 3.05) is 5.75 Å². The molecule has 1 amide bonds. The lowest BCUT2D eigenvalue weighted by Gasteiger charge is -2.00. The van der Waals surface area contributed by atoms with Crippen LogP contribution in [0.2, 0.25) is 5.02 Å². The fourth-order valence-electron chi connectivity index (χ4n) is 0.721. The second-order valence-electron chi connectivity index (χ2n) is 2.31. The maximum atomic E-state index is 10.8. The molecule has 0 saturated heterocycles. The fourth-order valence-corrected chi connectivity index (χ4v) is 1.56. The lowest BCUT2D eigenvalue weighted by Crippen LogP contribution is -2.31. The summed E-state index contributed by atoms with van der Waals surface area (Å²) in [6.45, 7) is 0. The third kappa shape index (κ3) is 3.67. The number of rotatable bonds is 3. The van der Waals surface area contributed by atoms with Crippen LogP contribution in [0, 0.1) is 0 Å². The minimum Gasteiger partial charge on any atom is -0.294 e. The minimum atomic E-state index is -0.194. The molecule has 3 nitrogen and oxygen atoms in total. The number of hydrogen-bond donors (Lipinski definition) is 2. The van der Waals surface area contributed by atoms with Gasteiger partial charge >= 0.3 is 0 Å². The quantitative estimate of drug-likeness (QED) is 0.348.